The summed E-state index contributed by atoms with van der Waals surface area (Å²) in [5.74, 6) is -0.257. The summed E-state index contributed by atoms with van der Waals surface area (Å²) >= 11 is 0. The molecule has 2 rings (SSSR count). The maximum Gasteiger partial charge on any atom is 0.220 e. The van der Waals surface area contributed by atoms with Crippen LogP contribution < -0.4 is 5.32 Å². The Morgan fingerprint density at radius 3 is 1.45 bits per heavy atom. The maximum atomic E-state index is 13.2. The summed E-state index contributed by atoms with van der Waals surface area (Å²) in [6, 6.07) is -0.937. The van der Waals surface area contributed by atoms with E-state index in [1.165, 1.54) is 135 Å². The summed E-state index contributed by atoms with van der Waals surface area (Å²) in [6.45, 7) is 2.51. The highest BCUT2D eigenvalue weighted by Gasteiger charge is 2.51. The number of aliphatic hydroxyl groups excluding tert-OH is 8. The second kappa shape index (κ2) is 47.3. The molecule has 0 aromatic heterocycles. The van der Waals surface area contributed by atoms with Crippen molar-refractivity contribution in [2.45, 2.75) is 293 Å². The van der Waals surface area contributed by atoms with Gasteiger partial charge in [0.2, 0.25) is 5.91 Å². The summed E-state index contributed by atoms with van der Waals surface area (Å²) in [7, 11) is 0. The lowest BCUT2D eigenvalue weighted by atomic mass is 9.97. The highest BCUT2D eigenvalue weighted by atomic mass is 16.7. The van der Waals surface area contributed by atoms with E-state index in [1.54, 1.807) is 6.08 Å². The maximum absolute atomic E-state index is 13.2. The van der Waals surface area contributed by atoms with Crippen LogP contribution in [-0.2, 0) is 23.7 Å². The Balaban J connectivity index is 1.60. The number of carbonyl (C=O) groups excluding carboxylic acids is 1. The van der Waals surface area contributed by atoms with Gasteiger partial charge in [0.1, 0.15) is 48.8 Å². The average Bonchev–Trinajstić information content (AvgIpc) is 3.42. The Kier molecular flexibility index (Phi) is 43.2. The molecule has 12 unspecified atom stereocenters. The van der Waals surface area contributed by atoms with E-state index in [0.717, 1.165) is 51.4 Å². The first kappa shape index (κ1) is 69.5. The molecule has 14 heteroatoms. The summed E-state index contributed by atoms with van der Waals surface area (Å²) in [5.41, 5.74) is 0. The van der Waals surface area contributed by atoms with Crippen LogP contribution in [0, 0.1) is 0 Å². The first-order chi connectivity index (χ1) is 37.1. The molecule has 2 saturated heterocycles. The number of ether oxygens (including phenoxy) is 4. The molecule has 0 spiro atoms. The molecule has 1 amide bonds. The van der Waals surface area contributed by atoms with E-state index >= 15 is 0 Å². The monoisotopic (exact) mass is 1080 g/mol. The number of rotatable bonds is 47. The Morgan fingerprint density at radius 2 is 0.934 bits per heavy atom. The van der Waals surface area contributed by atoms with Crippen LogP contribution in [0.5, 0.6) is 0 Å². The largest absolute Gasteiger partial charge is 0.394 e. The molecule has 0 radical (unpaired) electrons. The minimum atomic E-state index is -1.79. The van der Waals surface area contributed by atoms with E-state index < -0.39 is 86.8 Å². The molecule has 2 aliphatic rings. The van der Waals surface area contributed by atoms with Gasteiger partial charge in [-0.15, -0.1) is 0 Å². The number of aliphatic hydroxyl groups is 8. The number of allylic oxidation sites excluding steroid dienone is 11. The van der Waals surface area contributed by atoms with E-state index in [9.17, 15) is 45.6 Å². The normalized spacial score (nSPS) is 25.4. The van der Waals surface area contributed by atoms with Gasteiger partial charge in [-0.2, -0.15) is 0 Å². The Bertz CT molecular complexity index is 1550. The van der Waals surface area contributed by atoms with Crippen molar-refractivity contribution < 1.29 is 64.6 Å². The molecule has 0 bridgehead atoms. The molecule has 0 aromatic carbocycles. The van der Waals surface area contributed by atoms with Crippen molar-refractivity contribution in [1.82, 2.24) is 5.32 Å². The van der Waals surface area contributed by atoms with Gasteiger partial charge >= 0.3 is 0 Å². The second-order valence-electron chi connectivity index (χ2n) is 21.1. The number of carbonyl (C=O) groups is 1. The molecule has 76 heavy (non-hydrogen) atoms. The highest BCUT2D eigenvalue weighted by Crippen LogP contribution is 2.30. The van der Waals surface area contributed by atoms with E-state index in [1.807, 2.05) is 19.1 Å². The lowest BCUT2D eigenvalue weighted by Gasteiger charge is -2.46. The van der Waals surface area contributed by atoms with Crippen molar-refractivity contribution in [3.63, 3.8) is 0 Å². The Hall–Kier alpha value is -2.57. The molecular formula is C62H109NO13. The van der Waals surface area contributed by atoms with E-state index in [-0.39, 0.29) is 18.9 Å². The number of unbranched alkanes of at least 4 members (excludes halogenated alkanes) is 25. The fraction of sp³-hybridized carbons (Fsp3) is 0.790. The van der Waals surface area contributed by atoms with Crippen LogP contribution in [-0.4, -0.2) is 140 Å². The van der Waals surface area contributed by atoms with Gasteiger partial charge in [-0.1, -0.05) is 208 Å². The van der Waals surface area contributed by atoms with Crippen molar-refractivity contribution in [1.29, 1.82) is 0 Å². The predicted octanol–water partition coefficient (Wildman–Crippen LogP) is 10.3. The van der Waals surface area contributed by atoms with Gasteiger partial charge in [0, 0.05) is 6.42 Å². The third-order valence-electron chi connectivity index (χ3n) is 14.4. The minimum absolute atomic E-state index is 0.257. The van der Waals surface area contributed by atoms with Gasteiger partial charge in [-0.3, -0.25) is 4.79 Å². The van der Waals surface area contributed by atoms with E-state index in [0.29, 0.717) is 12.8 Å². The molecular weight excluding hydrogens is 967 g/mol. The zero-order valence-electron chi connectivity index (χ0n) is 47.2. The Labute approximate surface area is 459 Å². The summed E-state index contributed by atoms with van der Waals surface area (Å²) < 4.78 is 22.7. The zero-order valence-corrected chi connectivity index (χ0v) is 47.2. The van der Waals surface area contributed by atoms with Crippen LogP contribution in [0.2, 0.25) is 0 Å². The SMILES string of the molecule is C/C=C/CC/C=C/CC/C=C/C(O)C(COC1OC(CO)C(OC2OC(CO)C(O)C(O)C2O)C(O)C1O)NC(=O)CCCCCCCCCCCCCCCCCCCC/C=C\C/C=C\C/C=C\CCCCCCC. The smallest absolute Gasteiger partial charge is 0.220 e. The van der Waals surface area contributed by atoms with E-state index in [4.69, 9.17) is 18.9 Å². The van der Waals surface area contributed by atoms with Gasteiger partial charge in [0.05, 0.1) is 32.0 Å². The number of hydrogen-bond donors (Lipinski definition) is 9. The topological polar surface area (TPSA) is 228 Å². The number of hydrogen-bond acceptors (Lipinski definition) is 13. The van der Waals surface area contributed by atoms with Crippen molar-refractivity contribution in [2.75, 3.05) is 19.8 Å². The number of nitrogens with one attached hydrogen (secondary N) is 1. The van der Waals surface area contributed by atoms with Crippen molar-refractivity contribution in [3.05, 3.63) is 72.9 Å². The van der Waals surface area contributed by atoms with Gasteiger partial charge in [-0.05, 0) is 77.6 Å². The van der Waals surface area contributed by atoms with Crippen LogP contribution >= 0.6 is 0 Å². The zero-order chi connectivity index (χ0) is 55.3. The second-order valence-corrected chi connectivity index (χ2v) is 21.1. The van der Waals surface area contributed by atoms with Crippen molar-refractivity contribution in [3.8, 4) is 0 Å². The lowest BCUT2D eigenvalue weighted by molar-refractivity contribution is -0.359. The summed E-state index contributed by atoms with van der Waals surface area (Å²) in [5, 5.41) is 86.7. The molecule has 12 atom stereocenters. The molecule has 0 aromatic rings. The fourth-order valence-corrected chi connectivity index (χ4v) is 9.57. The summed E-state index contributed by atoms with van der Waals surface area (Å²) in [6.07, 6.45) is 45.8. The number of amides is 1. The van der Waals surface area contributed by atoms with E-state index in [2.05, 4.69) is 66.9 Å². The molecule has 0 aliphatic carbocycles. The average molecular weight is 1080 g/mol. The molecule has 2 fully saturated rings. The predicted molar refractivity (Wildman–Crippen MR) is 304 cm³/mol. The van der Waals surface area contributed by atoms with Gasteiger partial charge in [0.25, 0.3) is 0 Å². The van der Waals surface area contributed by atoms with Crippen LogP contribution in [0.3, 0.4) is 0 Å². The molecule has 9 N–H and O–H groups in total. The lowest BCUT2D eigenvalue weighted by Crippen LogP contribution is -2.65. The third kappa shape index (κ3) is 32.5. The van der Waals surface area contributed by atoms with Crippen molar-refractivity contribution >= 4 is 5.91 Å². The first-order valence-electron chi connectivity index (χ1n) is 30.1. The Morgan fingerprint density at radius 1 is 0.500 bits per heavy atom. The van der Waals surface area contributed by atoms with Crippen LogP contribution in [0.1, 0.15) is 219 Å². The molecule has 2 aliphatic heterocycles. The summed E-state index contributed by atoms with van der Waals surface area (Å²) in [4.78, 5) is 13.2. The minimum Gasteiger partial charge on any atom is -0.394 e. The van der Waals surface area contributed by atoms with Crippen molar-refractivity contribution in [2.24, 2.45) is 0 Å². The van der Waals surface area contributed by atoms with Crippen LogP contribution in [0.4, 0.5) is 0 Å². The van der Waals surface area contributed by atoms with Gasteiger partial charge in [0.15, 0.2) is 12.6 Å². The van der Waals surface area contributed by atoms with Crippen LogP contribution in [0.25, 0.3) is 0 Å². The van der Waals surface area contributed by atoms with Gasteiger partial charge < -0.3 is 65.1 Å². The highest BCUT2D eigenvalue weighted by molar-refractivity contribution is 5.76. The van der Waals surface area contributed by atoms with Gasteiger partial charge in [-0.25, -0.2) is 0 Å². The molecule has 440 valence electrons. The third-order valence-corrected chi connectivity index (χ3v) is 14.4. The fourth-order valence-electron chi connectivity index (χ4n) is 9.57. The molecule has 14 nitrogen and oxygen atoms in total. The molecule has 2 heterocycles. The standard InChI is InChI=1S/C62H109NO13/c1-3-5-7-9-11-13-14-15-16-17-18-19-20-21-22-23-24-25-26-27-28-29-30-31-32-33-34-35-36-38-40-42-44-46-54(67)63-50(51(66)45-43-41-39-37-12-10-8-6-4-2)49-73-61-59(72)57(70)60(53(48-65)75-61)76-62-58(71)56(69)55(68)52(47-64)74-62/h4,6,12,14-15,17-18,20-21,37,43,45,50-53,55-62,64-66,68-72H,3,5,7-11,13,16,19,22-36,38-42,44,46-49H2,1-2H3,(H,63,67)/b6-4+,15-14-,18-17-,21-20-,37-12+,45-43+. The van der Waals surface area contributed by atoms with Crippen LogP contribution in [0.15, 0.2) is 72.9 Å². The quantitative estimate of drug-likeness (QED) is 0.0204. The molecule has 0 saturated carbocycles. The first-order valence-corrected chi connectivity index (χ1v) is 30.1.